The van der Waals surface area contributed by atoms with Crippen molar-refractivity contribution in [1.82, 2.24) is 0 Å². The van der Waals surface area contributed by atoms with Crippen molar-refractivity contribution in [2.24, 2.45) is 0 Å². The molecule has 1 atom stereocenters. The van der Waals surface area contributed by atoms with Crippen LogP contribution in [0.3, 0.4) is 0 Å². The lowest BCUT2D eigenvalue weighted by atomic mass is 9.71. The highest BCUT2D eigenvalue weighted by Crippen LogP contribution is 2.32. The summed E-state index contributed by atoms with van der Waals surface area (Å²) >= 11 is 0. The van der Waals surface area contributed by atoms with Crippen molar-refractivity contribution in [1.29, 1.82) is 0 Å². The van der Waals surface area contributed by atoms with Gasteiger partial charge in [-0.3, -0.25) is 14.4 Å². The van der Waals surface area contributed by atoms with Gasteiger partial charge in [0.1, 0.15) is 0 Å². The first-order chi connectivity index (χ1) is 20.8. The number of aliphatic hydroxyl groups excluding tert-OH is 1. The molecule has 0 aliphatic rings. The van der Waals surface area contributed by atoms with Gasteiger partial charge in [0.15, 0.2) is 23.0 Å². The molecule has 0 saturated heterocycles. The van der Waals surface area contributed by atoms with Gasteiger partial charge >= 0.3 is 0 Å². The maximum Gasteiger partial charge on any atom is 0.219 e. The number of aliphatic hydroxyl groups is 3. The second-order valence-corrected chi connectivity index (χ2v) is 13.0. The van der Waals surface area contributed by atoms with E-state index in [0.29, 0.717) is 19.3 Å². The molecule has 0 rings (SSSR count). The summed E-state index contributed by atoms with van der Waals surface area (Å²) in [5.74, 6) is -2.48. The number of carbonyl (C=O) groups is 3. The van der Waals surface area contributed by atoms with Crippen LogP contribution in [-0.2, 0) is 14.4 Å². The monoisotopic (exact) mass is 611 g/mol. The van der Waals surface area contributed by atoms with Crippen molar-refractivity contribution in [3.63, 3.8) is 0 Å². The van der Waals surface area contributed by atoms with Gasteiger partial charge in [-0.15, -0.1) is 0 Å². The molecule has 0 amide bonds. The van der Waals surface area contributed by atoms with Gasteiger partial charge in [-0.2, -0.15) is 0 Å². The fraction of sp³-hybridized carbons (Fsp3) is 0.919. The largest absolute Gasteiger partial charge is 0.393 e. The quantitative estimate of drug-likeness (QED) is 0.0505. The van der Waals surface area contributed by atoms with Crippen molar-refractivity contribution in [2.45, 2.75) is 212 Å². The third-order valence-corrected chi connectivity index (χ3v) is 9.12. The topological polar surface area (TPSA) is 112 Å². The van der Waals surface area contributed by atoms with E-state index in [1.807, 2.05) is 0 Å². The lowest BCUT2D eigenvalue weighted by Crippen LogP contribution is -2.69. The second kappa shape index (κ2) is 27.2. The summed E-state index contributed by atoms with van der Waals surface area (Å²) in [6.45, 7) is 5.40. The zero-order chi connectivity index (χ0) is 32.2. The standard InChI is InChI=1S/C37H70O6/c1-4-7-10-13-16-18-21-24-27-30-34(40)37(43,35(41)31-28-25-22-19-17-14-11-8-5-2)36(42,32-38)33(39)29-26-23-20-15-12-9-6-3/h38,42-43H,4-32H2,1-3H3. The number of rotatable bonds is 33. The molecule has 0 aromatic heterocycles. The molecule has 0 bridgehead atoms. The number of carbonyl (C=O) groups excluding carboxylic acids is 3. The minimum Gasteiger partial charge on any atom is -0.393 e. The Labute approximate surface area is 265 Å². The summed E-state index contributed by atoms with van der Waals surface area (Å²) in [6, 6.07) is 0. The van der Waals surface area contributed by atoms with Crippen LogP contribution in [0.1, 0.15) is 201 Å². The third-order valence-electron chi connectivity index (χ3n) is 9.12. The van der Waals surface area contributed by atoms with Crippen molar-refractivity contribution in [3.05, 3.63) is 0 Å². The van der Waals surface area contributed by atoms with Gasteiger partial charge in [0, 0.05) is 19.3 Å². The van der Waals surface area contributed by atoms with Crippen LogP contribution in [0.15, 0.2) is 0 Å². The Hall–Kier alpha value is -1.11. The maximum absolute atomic E-state index is 13.5. The highest BCUT2D eigenvalue weighted by Gasteiger charge is 2.62. The molecular formula is C37H70O6. The van der Waals surface area contributed by atoms with Gasteiger partial charge in [-0.05, 0) is 19.3 Å². The Kier molecular flexibility index (Phi) is 26.5. The summed E-state index contributed by atoms with van der Waals surface area (Å²) in [5.41, 5.74) is -5.71. The van der Waals surface area contributed by atoms with Crippen LogP contribution in [0.5, 0.6) is 0 Å². The van der Waals surface area contributed by atoms with E-state index in [2.05, 4.69) is 20.8 Å². The molecule has 0 radical (unpaired) electrons. The molecule has 43 heavy (non-hydrogen) atoms. The van der Waals surface area contributed by atoms with Crippen LogP contribution >= 0.6 is 0 Å². The maximum atomic E-state index is 13.5. The third kappa shape index (κ3) is 17.2. The summed E-state index contributed by atoms with van der Waals surface area (Å²) in [4.78, 5) is 40.2. The van der Waals surface area contributed by atoms with Gasteiger partial charge in [0.2, 0.25) is 5.60 Å². The molecule has 0 heterocycles. The van der Waals surface area contributed by atoms with Crippen LogP contribution in [0, 0.1) is 0 Å². The van der Waals surface area contributed by atoms with Crippen molar-refractivity contribution in [3.8, 4) is 0 Å². The molecule has 0 saturated carbocycles. The number of hydrogen-bond acceptors (Lipinski definition) is 6. The van der Waals surface area contributed by atoms with Gasteiger partial charge in [0.25, 0.3) is 0 Å². The molecule has 0 aromatic rings. The van der Waals surface area contributed by atoms with E-state index < -0.39 is 35.2 Å². The summed E-state index contributed by atoms with van der Waals surface area (Å²) in [5, 5.41) is 33.3. The minimum atomic E-state index is -2.90. The molecule has 0 spiro atoms. The van der Waals surface area contributed by atoms with E-state index in [9.17, 15) is 29.7 Å². The summed E-state index contributed by atoms with van der Waals surface area (Å²) < 4.78 is 0. The summed E-state index contributed by atoms with van der Waals surface area (Å²) in [7, 11) is 0. The van der Waals surface area contributed by atoms with Gasteiger partial charge in [-0.25, -0.2) is 0 Å². The van der Waals surface area contributed by atoms with E-state index in [-0.39, 0.29) is 19.3 Å². The van der Waals surface area contributed by atoms with Crippen molar-refractivity contribution >= 4 is 17.3 Å². The van der Waals surface area contributed by atoms with Gasteiger partial charge in [-0.1, -0.05) is 162 Å². The Bertz CT molecular complexity index is 671. The molecule has 254 valence electrons. The SMILES string of the molecule is CCCCCCCCCCCC(=O)C(O)(C(=O)CCCCCCCCCCC)C(O)(CO)C(=O)CCCCCCCCC. The van der Waals surface area contributed by atoms with Crippen molar-refractivity contribution < 1.29 is 29.7 Å². The van der Waals surface area contributed by atoms with Crippen LogP contribution in [-0.4, -0.2) is 50.5 Å². The number of hydrogen-bond donors (Lipinski definition) is 3. The second-order valence-electron chi connectivity index (χ2n) is 13.0. The van der Waals surface area contributed by atoms with Crippen LogP contribution < -0.4 is 0 Å². The van der Waals surface area contributed by atoms with E-state index >= 15 is 0 Å². The van der Waals surface area contributed by atoms with Gasteiger partial charge < -0.3 is 15.3 Å². The van der Waals surface area contributed by atoms with Crippen LogP contribution in [0.4, 0.5) is 0 Å². The van der Waals surface area contributed by atoms with E-state index in [0.717, 1.165) is 83.5 Å². The van der Waals surface area contributed by atoms with E-state index in [1.54, 1.807) is 0 Å². The highest BCUT2D eigenvalue weighted by atomic mass is 16.4. The lowest BCUT2D eigenvalue weighted by Gasteiger charge is -2.39. The number of unbranched alkanes of at least 4 members (excludes halogenated alkanes) is 22. The molecule has 6 heteroatoms. The number of Topliss-reactive ketones (excluding diaryl/α,β-unsaturated/α-hetero) is 3. The van der Waals surface area contributed by atoms with Crippen LogP contribution in [0.25, 0.3) is 0 Å². The smallest absolute Gasteiger partial charge is 0.219 e. The fourth-order valence-electron chi connectivity index (χ4n) is 6.02. The lowest BCUT2D eigenvalue weighted by molar-refractivity contribution is -0.194. The fourth-order valence-corrected chi connectivity index (χ4v) is 6.02. The Balaban J connectivity index is 5.18. The molecule has 0 aliphatic heterocycles. The Morgan fingerprint density at radius 1 is 0.395 bits per heavy atom. The first-order valence-electron chi connectivity index (χ1n) is 18.4. The molecular weight excluding hydrogens is 540 g/mol. The predicted octanol–water partition coefficient (Wildman–Crippen LogP) is 9.13. The predicted molar refractivity (Wildman–Crippen MR) is 178 cm³/mol. The van der Waals surface area contributed by atoms with Crippen molar-refractivity contribution in [2.75, 3.05) is 6.61 Å². The molecule has 3 N–H and O–H groups in total. The Morgan fingerprint density at radius 3 is 0.884 bits per heavy atom. The van der Waals surface area contributed by atoms with Gasteiger partial charge in [0.05, 0.1) is 6.61 Å². The average molecular weight is 611 g/mol. The Morgan fingerprint density at radius 2 is 0.628 bits per heavy atom. The highest BCUT2D eigenvalue weighted by molar-refractivity contribution is 6.16. The van der Waals surface area contributed by atoms with Crippen LogP contribution in [0.2, 0.25) is 0 Å². The summed E-state index contributed by atoms with van der Waals surface area (Å²) in [6.07, 6.45) is 25.3. The first-order valence-corrected chi connectivity index (χ1v) is 18.4. The first kappa shape index (κ1) is 41.9. The zero-order valence-corrected chi connectivity index (χ0v) is 28.6. The molecule has 0 fully saturated rings. The normalized spacial score (nSPS) is 13.3. The van der Waals surface area contributed by atoms with E-state index in [4.69, 9.17) is 0 Å². The zero-order valence-electron chi connectivity index (χ0n) is 28.6. The molecule has 1 unspecified atom stereocenters. The minimum absolute atomic E-state index is 0.0796. The molecule has 6 nitrogen and oxygen atoms in total. The average Bonchev–Trinajstić information content (AvgIpc) is 3.01. The number of ketones is 3. The van der Waals surface area contributed by atoms with E-state index in [1.165, 1.54) is 57.8 Å². The molecule has 0 aromatic carbocycles. The molecule has 0 aliphatic carbocycles.